The number of nitrogens with one attached hydrogen (secondary N) is 2. The summed E-state index contributed by atoms with van der Waals surface area (Å²) in [7, 11) is 0. The minimum atomic E-state index is -0.440. The first kappa shape index (κ1) is 14.8. The van der Waals surface area contributed by atoms with E-state index in [1.807, 2.05) is 0 Å². The molecule has 0 fully saturated rings. The maximum absolute atomic E-state index is 13.5. The van der Waals surface area contributed by atoms with E-state index in [-0.39, 0.29) is 18.1 Å². The van der Waals surface area contributed by atoms with Crippen LogP contribution in [0.15, 0.2) is 53.8 Å². The fourth-order valence-electron chi connectivity index (χ4n) is 1.79. The Bertz CT molecular complexity index is 666. The van der Waals surface area contributed by atoms with E-state index >= 15 is 0 Å². The lowest BCUT2D eigenvalue weighted by Crippen LogP contribution is -1.99. The molecule has 0 aromatic heterocycles. The fraction of sp³-hybridized carbons (Fsp3) is 0.0667. The number of nitrogens with two attached hydrogens (primary N) is 1. The molecule has 0 amide bonds. The van der Waals surface area contributed by atoms with Crippen molar-refractivity contribution in [3.05, 3.63) is 71.4 Å². The van der Waals surface area contributed by atoms with Crippen molar-refractivity contribution in [2.75, 3.05) is 5.32 Å². The van der Waals surface area contributed by atoms with Crippen molar-refractivity contribution in [2.24, 2.45) is 10.8 Å². The first-order valence-corrected chi connectivity index (χ1v) is 6.22. The normalized spacial score (nSPS) is 11.3. The summed E-state index contributed by atoms with van der Waals surface area (Å²) in [4.78, 5) is 0. The molecule has 0 heterocycles. The summed E-state index contributed by atoms with van der Waals surface area (Å²) in [5.74, 6) is -0.781. The van der Waals surface area contributed by atoms with Crippen LogP contribution in [0.1, 0.15) is 11.1 Å². The largest absolute Gasteiger partial charge is 0.360 e. The van der Waals surface area contributed by atoms with Crippen molar-refractivity contribution >= 4 is 11.4 Å². The summed E-state index contributed by atoms with van der Waals surface area (Å²) in [5.41, 5.74) is 14.6. The minimum Gasteiger partial charge on any atom is -0.360 e. The molecule has 108 valence electrons. The third-order valence-electron chi connectivity index (χ3n) is 2.83. The summed E-state index contributed by atoms with van der Waals surface area (Å²) in [6, 6.07) is 9.98. The number of benzene rings is 2. The molecule has 0 aliphatic rings. The van der Waals surface area contributed by atoms with Gasteiger partial charge in [0.15, 0.2) is 0 Å². The van der Waals surface area contributed by atoms with Gasteiger partial charge in [-0.25, -0.2) is 14.3 Å². The Labute approximate surface area is 120 Å². The molecule has 4 nitrogen and oxygen atoms in total. The van der Waals surface area contributed by atoms with Crippen molar-refractivity contribution in [3.63, 3.8) is 0 Å². The van der Waals surface area contributed by atoms with Gasteiger partial charge >= 0.3 is 0 Å². The highest BCUT2D eigenvalue weighted by Gasteiger charge is 2.05. The van der Waals surface area contributed by atoms with Gasteiger partial charge in [-0.2, -0.15) is 5.11 Å². The van der Waals surface area contributed by atoms with Crippen molar-refractivity contribution in [2.45, 2.75) is 6.54 Å². The third kappa shape index (κ3) is 3.93. The van der Waals surface area contributed by atoms with Crippen LogP contribution in [0, 0.1) is 17.2 Å². The van der Waals surface area contributed by atoms with E-state index in [1.54, 1.807) is 18.2 Å². The van der Waals surface area contributed by atoms with Crippen molar-refractivity contribution in [1.29, 1.82) is 5.53 Å². The molecule has 2 rings (SSSR count). The van der Waals surface area contributed by atoms with Crippen LogP contribution >= 0.6 is 0 Å². The molecule has 4 N–H and O–H groups in total. The van der Waals surface area contributed by atoms with E-state index in [4.69, 9.17) is 11.3 Å². The van der Waals surface area contributed by atoms with Crippen LogP contribution in [0.4, 0.5) is 14.5 Å². The van der Waals surface area contributed by atoms with E-state index in [0.717, 1.165) is 0 Å². The van der Waals surface area contributed by atoms with E-state index in [0.29, 0.717) is 16.8 Å². The number of halogens is 2. The highest BCUT2D eigenvalue weighted by atomic mass is 19.1. The Kier molecular flexibility index (Phi) is 4.73. The molecule has 0 aliphatic carbocycles. The average molecular weight is 288 g/mol. The molecule has 0 saturated carbocycles. The zero-order valence-electron chi connectivity index (χ0n) is 11.1. The van der Waals surface area contributed by atoms with Crippen LogP contribution in [0.25, 0.3) is 5.70 Å². The van der Waals surface area contributed by atoms with Crippen molar-refractivity contribution in [1.82, 2.24) is 0 Å². The molecular weight excluding hydrogens is 274 g/mol. The lowest BCUT2D eigenvalue weighted by molar-refractivity contribution is 0.625. The quantitative estimate of drug-likeness (QED) is 0.731. The Morgan fingerprint density at radius 1 is 1.14 bits per heavy atom. The number of hydrogen-bond acceptors (Lipinski definition) is 4. The predicted molar refractivity (Wildman–Crippen MR) is 77.4 cm³/mol. The molecule has 0 bridgehead atoms. The topological polar surface area (TPSA) is 74.3 Å². The number of hydrogen-bond donors (Lipinski definition) is 3. The summed E-state index contributed by atoms with van der Waals surface area (Å²) < 4.78 is 26.3. The first-order valence-electron chi connectivity index (χ1n) is 6.22. The smallest absolute Gasteiger partial charge is 0.124 e. The van der Waals surface area contributed by atoms with Crippen LogP contribution in [0.2, 0.25) is 0 Å². The van der Waals surface area contributed by atoms with Gasteiger partial charge in [0.1, 0.15) is 17.3 Å². The van der Waals surface area contributed by atoms with Gasteiger partial charge in [0, 0.05) is 24.0 Å². The summed E-state index contributed by atoms with van der Waals surface area (Å²) in [6.07, 6.45) is 1.45. The first-order chi connectivity index (χ1) is 10.1. The van der Waals surface area contributed by atoms with Crippen molar-refractivity contribution < 1.29 is 8.78 Å². The fourth-order valence-corrected chi connectivity index (χ4v) is 1.79. The molecule has 2 aromatic rings. The van der Waals surface area contributed by atoms with Gasteiger partial charge in [-0.15, -0.1) is 0 Å². The van der Waals surface area contributed by atoms with Crippen LogP contribution in [0.3, 0.4) is 0 Å². The SMILES string of the molecule is N=N/C(=C\Nc1ccc(F)cc1)c1cc(F)cc(CN)c1. The highest BCUT2D eigenvalue weighted by Crippen LogP contribution is 2.20. The lowest BCUT2D eigenvalue weighted by atomic mass is 10.1. The molecule has 2 aromatic carbocycles. The van der Waals surface area contributed by atoms with Gasteiger partial charge < -0.3 is 11.1 Å². The Balaban J connectivity index is 2.26. The standard InChI is InChI=1S/C15H14F2N4/c16-12-1-3-14(4-2-12)20-9-15(21-19)11-5-10(8-18)6-13(17)7-11/h1-7,9,19-20H,8,18H2/b15-9-,21-19?. The second-order valence-electron chi connectivity index (χ2n) is 4.34. The number of rotatable bonds is 5. The highest BCUT2D eigenvalue weighted by molar-refractivity contribution is 5.67. The molecule has 0 unspecified atom stereocenters. The zero-order chi connectivity index (χ0) is 15.2. The van der Waals surface area contributed by atoms with E-state index in [2.05, 4.69) is 10.4 Å². The average Bonchev–Trinajstić information content (AvgIpc) is 2.49. The van der Waals surface area contributed by atoms with Gasteiger partial charge in [-0.1, -0.05) is 0 Å². The van der Waals surface area contributed by atoms with Gasteiger partial charge in [-0.3, -0.25) is 0 Å². The Morgan fingerprint density at radius 2 is 1.86 bits per heavy atom. The van der Waals surface area contributed by atoms with E-state index < -0.39 is 5.82 Å². The van der Waals surface area contributed by atoms with Crippen LogP contribution in [-0.4, -0.2) is 0 Å². The monoisotopic (exact) mass is 288 g/mol. The zero-order valence-corrected chi connectivity index (χ0v) is 11.1. The van der Waals surface area contributed by atoms with Crippen LogP contribution in [-0.2, 0) is 6.54 Å². The maximum atomic E-state index is 13.5. The van der Waals surface area contributed by atoms with Gasteiger partial charge in [0.25, 0.3) is 0 Å². The Hall–Kier alpha value is -2.60. The van der Waals surface area contributed by atoms with Gasteiger partial charge in [0.05, 0.1) is 0 Å². The van der Waals surface area contributed by atoms with Crippen LogP contribution < -0.4 is 11.1 Å². The number of nitrogens with zero attached hydrogens (tertiary/aromatic N) is 1. The summed E-state index contributed by atoms with van der Waals surface area (Å²) >= 11 is 0. The van der Waals surface area contributed by atoms with E-state index in [9.17, 15) is 8.78 Å². The summed E-state index contributed by atoms with van der Waals surface area (Å²) in [5, 5.41) is 6.26. The predicted octanol–water partition coefficient (Wildman–Crippen LogP) is 3.86. The molecule has 0 atom stereocenters. The molecular formula is C15H14F2N4. The molecule has 0 aliphatic heterocycles. The molecule has 0 spiro atoms. The van der Waals surface area contributed by atoms with Gasteiger partial charge in [0.2, 0.25) is 0 Å². The molecule has 6 heteroatoms. The lowest BCUT2D eigenvalue weighted by Gasteiger charge is -2.06. The second-order valence-corrected chi connectivity index (χ2v) is 4.34. The molecule has 0 saturated heterocycles. The van der Waals surface area contributed by atoms with Gasteiger partial charge in [-0.05, 0) is 48.0 Å². The minimum absolute atomic E-state index is 0.196. The van der Waals surface area contributed by atoms with Crippen molar-refractivity contribution in [3.8, 4) is 0 Å². The van der Waals surface area contributed by atoms with E-state index in [1.165, 1.54) is 30.5 Å². The second kappa shape index (κ2) is 6.71. The maximum Gasteiger partial charge on any atom is 0.124 e. The Morgan fingerprint density at radius 3 is 2.48 bits per heavy atom. The third-order valence-corrected chi connectivity index (χ3v) is 2.83. The summed E-state index contributed by atoms with van der Waals surface area (Å²) in [6.45, 7) is 0.196. The molecule has 21 heavy (non-hydrogen) atoms. The van der Waals surface area contributed by atoms with Crippen LogP contribution in [0.5, 0.6) is 0 Å². The number of anilines is 1. The molecule has 0 radical (unpaired) electrons.